The molecule has 0 aliphatic carbocycles. The molecule has 21 heavy (non-hydrogen) atoms. The van der Waals surface area contributed by atoms with E-state index < -0.39 is 0 Å². The predicted octanol–water partition coefficient (Wildman–Crippen LogP) is 5.31. The van der Waals surface area contributed by atoms with Crippen LogP contribution in [0, 0.1) is 0 Å². The van der Waals surface area contributed by atoms with Crippen LogP contribution >= 0.6 is 0 Å². The van der Waals surface area contributed by atoms with Crippen LogP contribution in [0.5, 0.6) is 0 Å². The van der Waals surface area contributed by atoms with Crippen LogP contribution in [0.1, 0.15) is 26.3 Å². The molecule has 3 aromatic rings. The Labute approximate surface area is 125 Å². The van der Waals surface area contributed by atoms with E-state index >= 15 is 0 Å². The van der Waals surface area contributed by atoms with Crippen LogP contribution in [0.4, 0.5) is 0 Å². The Morgan fingerprint density at radius 2 is 1.48 bits per heavy atom. The fourth-order valence-corrected chi connectivity index (χ4v) is 2.26. The topological polar surface area (TPSA) is 26.0 Å². The smallest absolute Gasteiger partial charge is 0.226 e. The Morgan fingerprint density at radius 3 is 2.10 bits per heavy atom. The van der Waals surface area contributed by atoms with Gasteiger partial charge in [-0.15, -0.1) is 0 Å². The molecule has 2 aromatic carbocycles. The number of hydrogen-bond acceptors (Lipinski definition) is 2. The van der Waals surface area contributed by atoms with E-state index in [1.54, 1.807) is 6.20 Å². The van der Waals surface area contributed by atoms with Gasteiger partial charge in [0, 0.05) is 11.1 Å². The molecule has 0 fully saturated rings. The Kier molecular flexibility index (Phi) is 3.38. The van der Waals surface area contributed by atoms with Gasteiger partial charge in [-0.1, -0.05) is 63.2 Å². The highest BCUT2D eigenvalue weighted by Crippen LogP contribution is 2.28. The molecule has 0 atom stereocenters. The van der Waals surface area contributed by atoms with Crippen molar-refractivity contribution >= 4 is 0 Å². The molecule has 0 aliphatic rings. The molecule has 0 aliphatic heterocycles. The first kappa shape index (κ1) is 13.6. The van der Waals surface area contributed by atoms with Crippen LogP contribution < -0.4 is 0 Å². The molecule has 3 rings (SSSR count). The van der Waals surface area contributed by atoms with Crippen molar-refractivity contribution in [3.63, 3.8) is 0 Å². The molecule has 0 saturated heterocycles. The minimum Gasteiger partial charge on any atom is -0.436 e. The molecule has 1 heterocycles. The first-order valence-electron chi connectivity index (χ1n) is 7.16. The van der Waals surface area contributed by atoms with Crippen molar-refractivity contribution in [3.8, 4) is 22.8 Å². The molecule has 0 radical (unpaired) electrons. The zero-order valence-corrected chi connectivity index (χ0v) is 12.6. The maximum atomic E-state index is 5.87. The van der Waals surface area contributed by atoms with E-state index in [9.17, 15) is 0 Å². The average molecular weight is 277 g/mol. The number of benzene rings is 2. The maximum absolute atomic E-state index is 5.87. The second kappa shape index (κ2) is 5.21. The van der Waals surface area contributed by atoms with E-state index in [2.05, 4.69) is 50.0 Å². The van der Waals surface area contributed by atoms with Gasteiger partial charge in [-0.05, 0) is 23.1 Å². The van der Waals surface area contributed by atoms with Gasteiger partial charge < -0.3 is 4.42 Å². The van der Waals surface area contributed by atoms with E-state index in [0.717, 1.165) is 16.9 Å². The van der Waals surface area contributed by atoms with Gasteiger partial charge in [-0.3, -0.25) is 0 Å². The molecule has 2 heteroatoms. The molecule has 0 N–H and O–H groups in total. The minimum atomic E-state index is 0.162. The summed E-state index contributed by atoms with van der Waals surface area (Å²) < 4.78 is 5.87. The van der Waals surface area contributed by atoms with E-state index in [1.807, 2.05) is 30.3 Å². The van der Waals surface area contributed by atoms with E-state index in [-0.39, 0.29) is 5.41 Å². The number of oxazole rings is 1. The van der Waals surface area contributed by atoms with Crippen LogP contribution in [0.25, 0.3) is 22.8 Å². The Bertz CT molecular complexity index is 718. The van der Waals surface area contributed by atoms with Gasteiger partial charge in [0.05, 0.1) is 6.20 Å². The molecular formula is C19H19NO. The third-order valence-electron chi connectivity index (χ3n) is 3.56. The Hall–Kier alpha value is -2.35. The quantitative estimate of drug-likeness (QED) is 0.634. The Balaban J connectivity index is 1.90. The van der Waals surface area contributed by atoms with Crippen molar-refractivity contribution in [1.29, 1.82) is 0 Å². The molecule has 0 bridgehead atoms. The standard InChI is InChI=1S/C19H19NO/c1-19(2,3)16-11-9-14(10-12-16)17-13-20-18(21-17)15-7-5-4-6-8-15/h4-13H,1-3H3. The number of aromatic nitrogens is 1. The highest BCUT2D eigenvalue weighted by atomic mass is 16.4. The summed E-state index contributed by atoms with van der Waals surface area (Å²) in [4.78, 5) is 4.37. The third kappa shape index (κ3) is 2.89. The number of nitrogens with zero attached hydrogens (tertiary/aromatic N) is 1. The number of hydrogen-bond donors (Lipinski definition) is 0. The largest absolute Gasteiger partial charge is 0.436 e. The van der Waals surface area contributed by atoms with Crippen molar-refractivity contribution < 1.29 is 4.42 Å². The monoisotopic (exact) mass is 277 g/mol. The summed E-state index contributed by atoms with van der Waals surface area (Å²) in [6.45, 7) is 6.64. The lowest BCUT2D eigenvalue weighted by Gasteiger charge is -2.18. The van der Waals surface area contributed by atoms with Crippen LogP contribution in [0.3, 0.4) is 0 Å². The van der Waals surface area contributed by atoms with Crippen molar-refractivity contribution in [3.05, 3.63) is 66.4 Å². The van der Waals surface area contributed by atoms with Gasteiger partial charge in [0.25, 0.3) is 0 Å². The fraction of sp³-hybridized carbons (Fsp3) is 0.211. The van der Waals surface area contributed by atoms with Gasteiger partial charge in [0.1, 0.15) is 0 Å². The summed E-state index contributed by atoms with van der Waals surface area (Å²) >= 11 is 0. The van der Waals surface area contributed by atoms with Gasteiger partial charge >= 0.3 is 0 Å². The summed E-state index contributed by atoms with van der Waals surface area (Å²) in [5.74, 6) is 1.46. The molecule has 2 nitrogen and oxygen atoms in total. The fourth-order valence-electron chi connectivity index (χ4n) is 2.26. The first-order chi connectivity index (χ1) is 10.0. The molecule has 0 unspecified atom stereocenters. The van der Waals surface area contributed by atoms with Crippen LogP contribution in [-0.2, 0) is 5.41 Å². The van der Waals surface area contributed by atoms with E-state index in [4.69, 9.17) is 4.42 Å². The highest BCUT2D eigenvalue weighted by molar-refractivity contribution is 5.61. The first-order valence-corrected chi connectivity index (χ1v) is 7.16. The summed E-state index contributed by atoms with van der Waals surface area (Å²) in [7, 11) is 0. The van der Waals surface area contributed by atoms with Crippen LogP contribution in [0.2, 0.25) is 0 Å². The SMILES string of the molecule is CC(C)(C)c1ccc(-c2cnc(-c3ccccc3)o2)cc1. The number of rotatable bonds is 2. The molecule has 106 valence electrons. The lowest BCUT2D eigenvalue weighted by molar-refractivity contribution is 0.585. The normalized spacial score (nSPS) is 11.6. The average Bonchev–Trinajstić information content (AvgIpc) is 2.97. The molecule has 1 aromatic heterocycles. The second-order valence-electron chi connectivity index (χ2n) is 6.22. The third-order valence-corrected chi connectivity index (χ3v) is 3.56. The second-order valence-corrected chi connectivity index (χ2v) is 6.22. The van der Waals surface area contributed by atoms with Crippen molar-refractivity contribution in [2.45, 2.75) is 26.2 Å². The molecular weight excluding hydrogens is 258 g/mol. The van der Waals surface area contributed by atoms with E-state index in [1.165, 1.54) is 5.56 Å². The van der Waals surface area contributed by atoms with Crippen molar-refractivity contribution in [1.82, 2.24) is 4.98 Å². The Morgan fingerprint density at radius 1 is 0.810 bits per heavy atom. The van der Waals surface area contributed by atoms with Crippen LogP contribution in [0.15, 0.2) is 65.2 Å². The predicted molar refractivity (Wildman–Crippen MR) is 86.1 cm³/mol. The van der Waals surface area contributed by atoms with Crippen LogP contribution in [-0.4, -0.2) is 4.98 Å². The summed E-state index contributed by atoms with van der Waals surface area (Å²) in [6, 6.07) is 18.4. The lowest BCUT2D eigenvalue weighted by Crippen LogP contribution is -2.10. The highest BCUT2D eigenvalue weighted by Gasteiger charge is 2.14. The van der Waals surface area contributed by atoms with Gasteiger partial charge in [-0.2, -0.15) is 0 Å². The summed E-state index contributed by atoms with van der Waals surface area (Å²) in [5.41, 5.74) is 3.52. The zero-order chi connectivity index (χ0) is 14.9. The zero-order valence-electron chi connectivity index (χ0n) is 12.6. The molecule has 0 amide bonds. The van der Waals surface area contributed by atoms with E-state index in [0.29, 0.717) is 5.89 Å². The molecule has 0 spiro atoms. The lowest BCUT2D eigenvalue weighted by atomic mass is 9.86. The van der Waals surface area contributed by atoms with Crippen molar-refractivity contribution in [2.24, 2.45) is 0 Å². The maximum Gasteiger partial charge on any atom is 0.226 e. The van der Waals surface area contributed by atoms with Gasteiger partial charge in [0.15, 0.2) is 5.76 Å². The van der Waals surface area contributed by atoms with Crippen molar-refractivity contribution in [2.75, 3.05) is 0 Å². The summed E-state index contributed by atoms with van der Waals surface area (Å²) in [5, 5.41) is 0. The molecule has 0 saturated carbocycles. The summed E-state index contributed by atoms with van der Waals surface area (Å²) in [6.07, 6.45) is 1.79. The van der Waals surface area contributed by atoms with Gasteiger partial charge in [0.2, 0.25) is 5.89 Å². The van der Waals surface area contributed by atoms with Gasteiger partial charge in [-0.25, -0.2) is 4.98 Å². The minimum absolute atomic E-state index is 0.162.